The lowest BCUT2D eigenvalue weighted by Crippen LogP contribution is -2.05. The van der Waals surface area contributed by atoms with Gasteiger partial charge in [-0.3, -0.25) is 4.79 Å². The van der Waals surface area contributed by atoms with E-state index >= 15 is 0 Å². The van der Waals surface area contributed by atoms with Crippen LogP contribution in [0.1, 0.15) is 46.0 Å². The summed E-state index contributed by atoms with van der Waals surface area (Å²) in [6, 6.07) is 0. The zero-order valence-corrected chi connectivity index (χ0v) is 8.31. The third-order valence-corrected chi connectivity index (χ3v) is 2.26. The van der Waals surface area contributed by atoms with Gasteiger partial charge in [0.1, 0.15) is 0 Å². The maximum absolute atomic E-state index is 11.0. The fraction of sp³-hybridized carbons (Fsp3) is 0.727. The van der Waals surface area contributed by atoms with E-state index in [2.05, 4.69) is 20.4 Å². The quantitative estimate of drug-likeness (QED) is 0.533. The molecule has 12 heavy (non-hydrogen) atoms. The Morgan fingerprint density at radius 2 is 2.17 bits per heavy atom. The Morgan fingerprint density at radius 3 is 2.58 bits per heavy atom. The fourth-order valence-corrected chi connectivity index (χ4v) is 1.31. The number of rotatable bonds is 7. The Balaban J connectivity index is 3.66. The van der Waals surface area contributed by atoms with E-state index in [0.717, 1.165) is 6.42 Å². The highest BCUT2D eigenvalue weighted by Gasteiger charge is 2.08. The van der Waals surface area contributed by atoms with E-state index in [4.69, 9.17) is 0 Å². The Bertz CT molecular complexity index is 138. The van der Waals surface area contributed by atoms with E-state index in [0.29, 0.717) is 12.3 Å². The highest BCUT2D eigenvalue weighted by atomic mass is 16.1. The number of hydrogen-bond donors (Lipinski definition) is 0. The molecule has 1 atom stereocenters. The smallest absolute Gasteiger partial charge is 0.155 e. The molecule has 0 spiro atoms. The molecule has 0 rings (SSSR count). The third-order valence-electron chi connectivity index (χ3n) is 2.26. The summed E-state index contributed by atoms with van der Waals surface area (Å²) in [7, 11) is 0. The van der Waals surface area contributed by atoms with Gasteiger partial charge in [0.25, 0.3) is 0 Å². The fourth-order valence-electron chi connectivity index (χ4n) is 1.31. The number of allylic oxidation sites excluding steroid dienone is 1. The first-order valence-corrected chi connectivity index (χ1v) is 4.89. The molecule has 0 radical (unpaired) electrons. The summed E-state index contributed by atoms with van der Waals surface area (Å²) in [6.07, 6.45) is 6.89. The zero-order chi connectivity index (χ0) is 9.40. The molecule has 0 aromatic rings. The second-order valence-corrected chi connectivity index (χ2v) is 3.29. The van der Waals surface area contributed by atoms with Gasteiger partial charge in [0.05, 0.1) is 0 Å². The van der Waals surface area contributed by atoms with Crippen LogP contribution in [0.2, 0.25) is 0 Å². The summed E-state index contributed by atoms with van der Waals surface area (Å²) in [5.41, 5.74) is 0. The molecule has 0 saturated carbocycles. The molecule has 0 aromatic carbocycles. The molecule has 0 aliphatic carbocycles. The lowest BCUT2D eigenvalue weighted by atomic mass is 9.94. The maximum atomic E-state index is 11.0. The number of carbonyl (C=O) groups is 1. The third kappa shape index (κ3) is 5.11. The molecule has 0 fully saturated rings. The van der Waals surface area contributed by atoms with E-state index in [-0.39, 0.29) is 5.78 Å². The van der Waals surface area contributed by atoms with Crippen molar-refractivity contribution in [1.29, 1.82) is 0 Å². The van der Waals surface area contributed by atoms with Crippen LogP contribution in [0, 0.1) is 5.92 Å². The molecular weight excluding hydrogens is 148 g/mol. The first kappa shape index (κ1) is 11.4. The molecule has 0 aliphatic heterocycles. The number of carbonyl (C=O) groups excluding carboxylic acids is 1. The molecule has 70 valence electrons. The second-order valence-electron chi connectivity index (χ2n) is 3.29. The summed E-state index contributed by atoms with van der Waals surface area (Å²) in [5, 5.41) is 0. The van der Waals surface area contributed by atoms with Crippen molar-refractivity contribution < 1.29 is 4.79 Å². The van der Waals surface area contributed by atoms with Gasteiger partial charge >= 0.3 is 0 Å². The highest BCUT2D eigenvalue weighted by molar-refractivity contribution is 5.89. The Kier molecular flexibility index (Phi) is 6.73. The minimum Gasteiger partial charge on any atom is -0.295 e. The van der Waals surface area contributed by atoms with Crippen LogP contribution >= 0.6 is 0 Å². The zero-order valence-electron chi connectivity index (χ0n) is 8.31. The van der Waals surface area contributed by atoms with Crippen LogP contribution in [-0.2, 0) is 4.79 Å². The Hall–Kier alpha value is -0.590. The van der Waals surface area contributed by atoms with E-state index < -0.39 is 0 Å². The van der Waals surface area contributed by atoms with Crippen LogP contribution in [0.4, 0.5) is 0 Å². The molecule has 1 nitrogen and oxygen atoms in total. The molecule has 0 unspecified atom stereocenters. The van der Waals surface area contributed by atoms with Crippen LogP contribution in [-0.4, -0.2) is 5.78 Å². The van der Waals surface area contributed by atoms with Crippen molar-refractivity contribution in [1.82, 2.24) is 0 Å². The van der Waals surface area contributed by atoms with Crippen LogP contribution < -0.4 is 0 Å². The average Bonchev–Trinajstić information content (AvgIpc) is 2.11. The van der Waals surface area contributed by atoms with E-state index in [1.165, 1.54) is 25.3 Å². The van der Waals surface area contributed by atoms with Gasteiger partial charge in [-0.05, 0) is 12.0 Å². The normalized spacial score (nSPS) is 12.5. The number of ketones is 1. The number of hydrogen-bond acceptors (Lipinski definition) is 1. The van der Waals surface area contributed by atoms with Crippen molar-refractivity contribution in [3.63, 3.8) is 0 Å². The van der Waals surface area contributed by atoms with Crippen molar-refractivity contribution in [3.05, 3.63) is 12.7 Å². The molecular formula is C11H20O. The van der Waals surface area contributed by atoms with Gasteiger partial charge in [-0.1, -0.05) is 46.1 Å². The number of unbranched alkanes of at least 4 members (excludes halogenated alkanes) is 1. The molecule has 0 aliphatic rings. The minimum atomic E-state index is 0.193. The van der Waals surface area contributed by atoms with Crippen molar-refractivity contribution in [2.75, 3.05) is 0 Å². The molecule has 1 heteroatoms. The molecule has 0 saturated heterocycles. The predicted octanol–water partition coefficient (Wildman–Crippen LogP) is 3.35. The molecule has 0 N–H and O–H groups in total. The standard InChI is InChI=1S/C11H20O/c1-4-7-8-10(5-2)9-11(12)6-3/h6,10H,3-5,7-9H2,1-2H3/t10-/m1/s1. The van der Waals surface area contributed by atoms with Crippen molar-refractivity contribution >= 4 is 5.78 Å². The van der Waals surface area contributed by atoms with Crippen molar-refractivity contribution in [2.45, 2.75) is 46.0 Å². The van der Waals surface area contributed by atoms with E-state index in [9.17, 15) is 4.79 Å². The summed E-state index contributed by atoms with van der Waals surface area (Å²) in [4.78, 5) is 11.0. The van der Waals surface area contributed by atoms with Crippen molar-refractivity contribution in [2.24, 2.45) is 5.92 Å². The maximum Gasteiger partial charge on any atom is 0.155 e. The first-order valence-electron chi connectivity index (χ1n) is 4.89. The van der Waals surface area contributed by atoms with Crippen LogP contribution in [0.25, 0.3) is 0 Å². The van der Waals surface area contributed by atoms with Gasteiger partial charge in [0.15, 0.2) is 5.78 Å². The Morgan fingerprint density at radius 1 is 1.50 bits per heavy atom. The molecule has 0 amide bonds. The van der Waals surface area contributed by atoms with Gasteiger partial charge in [0.2, 0.25) is 0 Å². The molecule has 0 heterocycles. The minimum absolute atomic E-state index is 0.193. The van der Waals surface area contributed by atoms with Crippen LogP contribution in [0.5, 0.6) is 0 Å². The molecule has 0 bridgehead atoms. The Labute approximate surface area is 75.9 Å². The van der Waals surface area contributed by atoms with Crippen molar-refractivity contribution in [3.8, 4) is 0 Å². The first-order chi connectivity index (χ1) is 5.74. The van der Waals surface area contributed by atoms with Gasteiger partial charge in [-0.25, -0.2) is 0 Å². The van der Waals surface area contributed by atoms with Gasteiger partial charge in [0, 0.05) is 6.42 Å². The summed E-state index contributed by atoms with van der Waals surface area (Å²) >= 11 is 0. The van der Waals surface area contributed by atoms with Gasteiger partial charge < -0.3 is 0 Å². The molecule has 0 aromatic heterocycles. The van der Waals surface area contributed by atoms with E-state index in [1.807, 2.05) is 0 Å². The van der Waals surface area contributed by atoms with Crippen LogP contribution in [0.3, 0.4) is 0 Å². The lowest BCUT2D eigenvalue weighted by molar-refractivity contribution is -0.115. The summed E-state index contributed by atoms with van der Waals surface area (Å²) in [5.74, 6) is 0.772. The topological polar surface area (TPSA) is 17.1 Å². The van der Waals surface area contributed by atoms with Crippen LogP contribution in [0.15, 0.2) is 12.7 Å². The van der Waals surface area contributed by atoms with Gasteiger partial charge in [-0.15, -0.1) is 0 Å². The largest absolute Gasteiger partial charge is 0.295 e. The van der Waals surface area contributed by atoms with Gasteiger partial charge in [-0.2, -0.15) is 0 Å². The monoisotopic (exact) mass is 168 g/mol. The summed E-state index contributed by atoms with van der Waals surface area (Å²) < 4.78 is 0. The summed E-state index contributed by atoms with van der Waals surface area (Å²) in [6.45, 7) is 7.81. The average molecular weight is 168 g/mol. The second kappa shape index (κ2) is 7.08. The predicted molar refractivity (Wildman–Crippen MR) is 53.1 cm³/mol. The lowest BCUT2D eigenvalue weighted by Gasteiger charge is -2.11. The SMILES string of the molecule is C=CC(=O)C[C@H](CC)CCCC. The highest BCUT2D eigenvalue weighted by Crippen LogP contribution is 2.16. The van der Waals surface area contributed by atoms with E-state index in [1.54, 1.807) is 0 Å².